The Kier molecular flexibility index (Phi) is 4.99. The predicted octanol–water partition coefficient (Wildman–Crippen LogP) is 2.54. The zero-order valence-corrected chi connectivity index (χ0v) is 11.6. The molecule has 1 fully saturated rings. The Labute approximate surface area is 120 Å². The molecule has 1 N–H and O–H groups in total. The summed E-state index contributed by atoms with van der Waals surface area (Å²) in [5, 5.41) is 2.10. The molecule has 5 nitrogen and oxygen atoms in total. The van der Waals surface area contributed by atoms with Crippen molar-refractivity contribution in [2.24, 2.45) is 0 Å². The number of alkyl carbamates (subject to hydrolysis) is 1. The molecule has 1 saturated heterocycles. The average Bonchev–Trinajstić information content (AvgIpc) is 2.40. The minimum atomic E-state index is -3.19. The van der Waals surface area contributed by atoms with Crippen molar-refractivity contribution in [3.63, 3.8) is 0 Å². The first-order valence-electron chi connectivity index (χ1n) is 5.51. The van der Waals surface area contributed by atoms with Gasteiger partial charge >= 0.3 is 12.0 Å². The van der Waals surface area contributed by atoms with Gasteiger partial charge in [-0.1, -0.05) is 6.07 Å². The van der Waals surface area contributed by atoms with Crippen molar-refractivity contribution in [1.82, 2.24) is 5.32 Å². The minimum absolute atomic E-state index is 0. The van der Waals surface area contributed by atoms with Crippen LogP contribution in [0, 0.1) is 0 Å². The molecule has 0 spiro atoms. The number of rotatable bonds is 3. The van der Waals surface area contributed by atoms with E-state index in [9.17, 15) is 13.6 Å². The molecule has 1 aliphatic heterocycles. The van der Waals surface area contributed by atoms with Crippen LogP contribution < -0.4 is 14.8 Å². The molecule has 0 saturated carbocycles. The molecule has 8 heteroatoms. The van der Waals surface area contributed by atoms with Crippen molar-refractivity contribution < 1.29 is 27.8 Å². The fraction of sp³-hybridized carbons (Fsp3) is 0.417. The molecule has 1 heterocycles. The number of amides is 1. The normalized spacial score (nSPS) is 20.2. The van der Waals surface area contributed by atoms with Gasteiger partial charge in [0.1, 0.15) is 6.04 Å². The lowest BCUT2D eigenvalue weighted by atomic mass is 9.99. The summed E-state index contributed by atoms with van der Waals surface area (Å²) in [6.45, 7) is -0.947. The van der Waals surface area contributed by atoms with Gasteiger partial charge in [-0.2, -0.15) is 0 Å². The summed E-state index contributed by atoms with van der Waals surface area (Å²) in [7, 11) is 2.85. The van der Waals surface area contributed by atoms with E-state index in [1.807, 2.05) is 0 Å². The number of carbonyl (C=O) groups is 1. The van der Waals surface area contributed by atoms with Crippen LogP contribution in [0.15, 0.2) is 18.2 Å². The van der Waals surface area contributed by atoms with Crippen molar-refractivity contribution in [3.8, 4) is 11.5 Å². The van der Waals surface area contributed by atoms with Gasteiger partial charge in [0.25, 0.3) is 0 Å². The lowest BCUT2D eigenvalue weighted by Crippen LogP contribution is -2.49. The second-order valence-corrected chi connectivity index (χ2v) is 4.03. The van der Waals surface area contributed by atoms with E-state index in [-0.39, 0.29) is 18.0 Å². The second-order valence-electron chi connectivity index (χ2n) is 4.03. The highest BCUT2D eigenvalue weighted by Gasteiger charge is 2.47. The smallest absolute Gasteiger partial charge is 0.408 e. The summed E-state index contributed by atoms with van der Waals surface area (Å²) in [6, 6.07) is 2.91. The number of alkyl halides is 2. The number of methoxy groups -OCH3 is 2. The second kappa shape index (κ2) is 6.13. The molecular weight excluding hydrogens is 296 g/mol. The third-order valence-corrected chi connectivity index (χ3v) is 2.82. The lowest BCUT2D eigenvalue weighted by Gasteiger charge is -2.32. The molecule has 2 rings (SSSR count). The highest BCUT2D eigenvalue weighted by atomic mass is 35.5. The lowest BCUT2D eigenvalue weighted by molar-refractivity contribution is -0.104. The van der Waals surface area contributed by atoms with E-state index in [1.54, 1.807) is 0 Å². The molecule has 1 aromatic carbocycles. The third-order valence-electron chi connectivity index (χ3n) is 2.82. The Bertz CT molecular complexity index is 498. The SMILES string of the molecule is COc1ccc([C@H]2NC(=O)OCC2(F)F)cc1OC.Cl. The van der Waals surface area contributed by atoms with Crippen LogP contribution in [0.3, 0.4) is 0 Å². The summed E-state index contributed by atoms with van der Waals surface area (Å²) in [6.07, 6.45) is -0.870. The van der Waals surface area contributed by atoms with Gasteiger partial charge in [-0.25, -0.2) is 13.6 Å². The molecule has 1 aromatic rings. The first-order valence-corrected chi connectivity index (χ1v) is 5.51. The Morgan fingerprint density at radius 3 is 2.55 bits per heavy atom. The maximum Gasteiger partial charge on any atom is 0.408 e. The highest BCUT2D eigenvalue weighted by molar-refractivity contribution is 5.85. The predicted molar refractivity (Wildman–Crippen MR) is 69.0 cm³/mol. The van der Waals surface area contributed by atoms with Crippen LogP contribution in [0.25, 0.3) is 0 Å². The maximum absolute atomic E-state index is 13.7. The summed E-state index contributed by atoms with van der Waals surface area (Å²) >= 11 is 0. The molecule has 1 amide bonds. The molecule has 0 bridgehead atoms. The van der Waals surface area contributed by atoms with E-state index in [2.05, 4.69) is 10.1 Å². The zero-order chi connectivity index (χ0) is 14.0. The van der Waals surface area contributed by atoms with Crippen molar-refractivity contribution in [2.45, 2.75) is 12.0 Å². The number of benzene rings is 1. The number of hydrogen-bond acceptors (Lipinski definition) is 4. The summed E-state index contributed by atoms with van der Waals surface area (Å²) in [4.78, 5) is 11.1. The number of halogens is 3. The Balaban J connectivity index is 0.00000200. The van der Waals surface area contributed by atoms with Crippen LogP contribution in [0.5, 0.6) is 11.5 Å². The molecule has 112 valence electrons. The first kappa shape index (κ1) is 16.3. The van der Waals surface area contributed by atoms with Crippen LogP contribution in [0.1, 0.15) is 11.6 Å². The Morgan fingerprint density at radius 1 is 1.30 bits per heavy atom. The molecule has 1 atom stereocenters. The first-order chi connectivity index (χ1) is 8.97. The topological polar surface area (TPSA) is 56.8 Å². The van der Waals surface area contributed by atoms with Crippen LogP contribution in [0.2, 0.25) is 0 Å². The van der Waals surface area contributed by atoms with E-state index >= 15 is 0 Å². The van der Waals surface area contributed by atoms with E-state index in [1.165, 1.54) is 32.4 Å². The quantitative estimate of drug-likeness (QED) is 0.932. The van der Waals surface area contributed by atoms with Crippen molar-refractivity contribution in [3.05, 3.63) is 23.8 Å². The van der Waals surface area contributed by atoms with Crippen LogP contribution in [-0.4, -0.2) is 32.8 Å². The largest absolute Gasteiger partial charge is 0.493 e. The number of cyclic esters (lactones) is 1. The van der Waals surface area contributed by atoms with Gasteiger partial charge in [0.2, 0.25) is 0 Å². The van der Waals surface area contributed by atoms with Gasteiger partial charge < -0.3 is 19.5 Å². The van der Waals surface area contributed by atoms with E-state index < -0.39 is 24.7 Å². The fourth-order valence-electron chi connectivity index (χ4n) is 1.87. The van der Waals surface area contributed by atoms with E-state index in [4.69, 9.17) is 9.47 Å². The molecular formula is C12H14ClF2NO4. The number of hydrogen-bond donors (Lipinski definition) is 1. The fourth-order valence-corrected chi connectivity index (χ4v) is 1.87. The van der Waals surface area contributed by atoms with Crippen molar-refractivity contribution in [1.29, 1.82) is 0 Å². The Morgan fingerprint density at radius 2 is 1.95 bits per heavy atom. The molecule has 0 aromatic heterocycles. The Hall–Kier alpha value is -1.76. The van der Waals surface area contributed by atoms with Gasteiger partial charge in [-0.05, 0) is 17.7 Å². The third kappa shape index (κ3) is 3.04. The summed E-state index contributed by atoms with van der Waals surface area (Å²) in [5.41, 5.74) is 0.222. The molecule has 0 aliphatic carbocycles. The van der Waals surface area contributed by atoms with Gasteiger partial charge in [0.15, 0.2) is 18.1 Å². The zero-order valence-electron chi connectivity index (χ0n) is 10.8. The monoisotopic (exact) mass is 309 g/mol. The van der Waals surface area contributed by atoms with Crippen LogP contribution in [0.4, 0.5) is 13.6 Å². The summed E-state index contributed by atoms with van der Waals surface area (Å²) in [5.74, 6) is -2.45. The minimum Gasteiger partial charge on any atom is -0.493 e. The maximum atomic E-state index is 13.7. The molecule has 1 aliphatic rings. The number of nitrogens with one attached hydrogen (secondary N) is 1. The van der Waals surface area contributed by atoms with Crippen LogP contribution >= 0.6 is 12.4 Å². The molecule has 0 unspecified atom stereocenters. The van der Waals surface area contributed by atoms with Gasteiger partial charge in [-0.15, -0.1) is 12.4 Å². The molecule has 20 heavy (non-hydrogen) atoms. The van der Waals surface area contributed by atoms with Crippen molar-refractivity contribution in [2.75, 3.05) is 20.8 Å². The standard InChI is InChI=1S/C12H13F2NO4.ClH/c1-17-8-4-3-7(5-9(8)18-2)10-12(13,14)6-19-11(16)15-10;/h3-5,10H,6H2,1-2H3,(H,15,16);1H/t10-;/m1./s1. The highest BCUT2D eigenvalue weighted by Crippen LogP contribution is 2.38. The van der Waals surface area contributed by atoms with Crippen molar-refractivity contribution >= 4 is 18.5 Å². The average molecular weight is 310 g/mol. The molecule has 0 radical (unpaired) electrons. The summed E-state index contributed by atoms with van der Waals surface area (Å²) < 4.78 is 41.8. The van der Waals surface area contributed by atoms with E-state index in [0.29, 0.717) is 11.5 Å². The number of carbonyl (C=O) groups excluding carboxylic acids is 1. The van der Waals surface area contributed by atoms with Gasteiger partial charge in [0, 0.05) is 0 Å². The van der Waals surface area contributed by atoms with Gasteiger partial charge in [-0.3, -0.25) is 0 Å². The van der Waals surface area contributed by atoms with Crippen LogP contribution in [-0.2, 0) is 4.74 Å². The number of ether oxygens (including phenoxy) is 3. The van der Waals surface area contributed by atoms with Gasteiger partial charge in [0.05, 0.1) is 14.2 Å². The van der Waals surface area contributed by atoms with E-state index in [0.717, 1.165) is 0 Å².